The van der Waals surface area contributed by atoms with Crippen molar-refractivity contribution >= 4 is 28.9 Å². The molecule has 0 aromatic heterocycles. The van der Waals surface area contributed by atoms with Crippen molar-refractivity contribution < 1.29 is 5.11 Å². The molecular formula is C7H7Cl2NO. The highest BCUT2D eigenvalue weighted by Gasteiger charge is 2.02. The number of benzene rings is 1. The molecule has 0 spiro atoms. The molecule has 1 rings (SSSR count). The topological polar surface area (TPSA) is 46.2 Å². The normalized spacial score (nSPS) is 10.1. The summed E-state index contributed by atoms with van der Waals surface area (Å²) in [5.41, 5.74) is 6.46. The summed E-state index contributed by atoms with van der Waals surface area (Å²) >= 11 is 11.4. The van der Waals surface area contributed by atoms with E-state index in [2.05, 4.69) is 0 Å². The van der Waals surface area contributed by atoms with Crippen molar-refractivity contribution in [1.82, 2.24) is 0 Å². The van der Waals surface area contributed by atoms with Gasteiger partial charge in [-0.1, -0.05) is 23.2 Å². The number of halogens is 2. The lowest BCUT2D eigenvalue weighted by Crippen LogP contribution is -1.90. The minimum Gasteiger partial charge on any atom is -0.397 e. The van der Waals surface area contributed by atoms with Crippen LogP contribution in [0.3, 0.4) is 0 Å². The summed E-state index contributed by atoms with van der Waals surface area (Å²) < 4.78 is 0. The van der Waals surface area contributed by atoms with Gasteiger partial charge in [-0.2, -0.15) is 0 Å². The average molecular weight is 192 g/mol. The maximum atomic E-state index is 8.75. The molecule has 0 heterocycles. The van der Waals surface area contributed by atoms with Crippen LogP contribution in [0.25, 0.3) is 0 Å². The number of nitrogens with two attached hydrogens (primary N) is 1. The summed E-state index contributed by atoms with van der Waals surface area (Å²) in [5, 5.41) is 9.60. The van der Waals surface area contributed by atoms with E-state index < -0.39 is 0 Å². The predicted molar refractivity (Wildman–Crippen MR) is 46.8 cm³/mol. The number of aliphatic hydroxyl groups excluding tert-OH is 1. The van der Waals surface area contributed by atoms with Crippen LogP contribution in [-0.2, 0) is 6.61 Å². The van der Waals surface area contributed by atoms with Crippen LogP contribution < -0.4 is 5.73 Å². The highest BCUT2D eigenvalue weighted by Crippen LogP contribution is 2.26. The molecule has 4 heteroatoms. The van der Waals surface area contributed by atoms with Gasteiger partial charge < -0.3 is 10.8 Å². The first kappa shape index (κ1) is 8.65. The Morgan fingerprint density at radius 1 is 1.27 bits per heavy atom. The van der Waals surface area contributed by atoms with Gasteiger partial charge in [0.2, 0.25) is 0 Å². The predicted octanol–water partition coefficient (Wildman–Crippen LogP) is 2.07. The van der Waals surface area contributed by atoms with Crippen LogP contribution in [-0.4, -0.2) is 5.11 Å². The Hall–Kier alpha value is -0.440. The van der Waals surface area contributed by atoms with Gasteiger partial charge in [-0.3, -0.25) is 0 Å². The van der Waals surface area contributed by atoms with Gasteiger partial charge in [0.1, 0.15) is 0 Å². The van der Waals surface area contributed by atoms with Crippen molar-refractivity contribution in [2.24, 2.45) is 0 Å². The maximum Gasteiger partial charge on any atom is 0.0696 e. The SMILES string of the molecule is Nc1cc(Cl)c(CO)cc1Cl. The van der Waals surface area contributed by atoms with Crippen LogP contribution >= 0.6 is 23.2 Å². The number of hydrogen-bond donors (Lipinski definition) is 2. The van der Waals surface area contributed by atoms with Crippen molar-refractivity contribution in [2.75, 3.05) is 5.73 Å². The number of nitrogen functional groups attached to an aromatic ring is 1. The summed E-state index contributed by atoms with van der Waals surface area (Å²) in [4.78, 5) is 0. The van der Waals surface area contributed by atoms with Gasteiger partial charge in [0.15, 0.2) is 0 Å². The van der Waals surface area contributed by atoms with E-state index in [0.717, 1.165) is 0 Å². The molecule has 1 aromatic carbocycles. The summed E-state index contributed by atoms with van der Waals surface area (Å²) in [5.74, 6) is 0. The lowest BCUT2D eigenvalue weighted by atomic mass is 10.2. The molecule has 2 nitrogen and oxygen atoms in total. The van der Waals surface area contributed by atoms with Gasteiger partial charge in [0.05, 0.1) is 17.3 Å². The van der Waals surface area contributed by atoms with E-state index in [1.807, 2.05) is 0 Å². The van der Waals surface area contributed by atoms with Gasteiger partial charge in [0, 0.05) is 5.02 Å². The molecule has 60 valence electrons. The molecule has 3 N–H and O–H groups in total. The Labute approximate surface area is 74.5 Å². The fourth-order valence-electron chi connectivity index (χ4n) is 0.725. The Morgan fingerprint density at radius 2 is 1.91 bits per heavy atom. The van der Waals surface area contributed by atoms with E-state index in [9.17, 15) is 0 Å². The Bertz CT molecular complexity index is 275. The van der Waals surface area contributed by atoms with E-state index >= 15 is 0 Å². The standard InChI is InChI=1S/C7H7Cl2NO/c8-5-2-7(10)6(9)1-4(5)3-11/h1-2,11H,3,10H2. The summed E-state index contributed by atoms with van der Waals surface area (Å²) in [6, 6.07) is 3.08. The van der Waals surface area contributed by atoms with Gasteiger partial charge in [-0.05, 0) is 17.7 Å². The minimum absolute atomic E-state index is 0.126. The van der Waals surface area contributed by atoms with Crippen LogP contribution in [0.1, 0.15) is 5.56 Å². The van der Waals surface area contributed by atoms with Crippen molar-refractivity contribution in [3.05, 3.63) is 27.7 Å². The first-order valence-corrected chi connectivity index (χ1v) is 3.75. The van der Waals surface area contributed by atoms with Crippen molar-refractivity contribution in [1.29, 1.82) is 0 Å². The number of rotatable bonds is 1. The minimum atomic E-state index is -0.126. The second kappa shape index (κ2) is 3.30. The monoisotopic (exact) mass is 191 g/mol. The second-order valence-corrected chi connectivity index (χ2v) is 2.94. The maximum absolute atomic E-state index is 8.75. The third-order valence-electron chi connectivity index (χ3n) is 1.34. The zero-order chi connectivity index (χ0) is 8.43. The smallest absolute Gasteiger partial charge is 0.0696 e. The second-order valence-electron chi connectivity index (χ2n) is 2.12. The molecule has 0 saturated carbocycles. The van der Waals surface area contributed by atoms with Crippen LogP contribution in [0.4, 0.5) is 5.69 Å². The molecule has 0 amide bonds. The lowest BCUT2D eigenvalue weighted by molar-refractivity contribution is 0.282. The average Bonchev–Trinajstić information content (AvgIpc) is 1.97. The first-order chi connectivity index (χ1) is 5.15. The molecule has 0 bridgehead atoms. The number of aliphatic hydroxyl groups is 1. The van der Waals surface area contributed by atoms with E-state index in [4.69, 9.17) is 34.0 Å². The van der Waals surface area contributed by atoms with Crippen LogP contribution in [0.2, 0.25) is 10.0 Å². The van der Waals surface area contributed by atoms with Crippen LogP contribution in [0.5, 0.6) is 0 Å². The Kier molecular flexibility index (Phi) is 2.60. The van der Waals surface area contributed by atoms with Crippen LogP contribution in [0.15, 0.2) is 12.1 Å². The number of hydrogen-bond acceptors (Lipinski definition) is 2. The van der Waals surface area contributed by atoms with E-state index in [0.29, 0.717) is 21.3 Å². The van der Waals surface area contributed by atoms with Gasteiger partial charge in [-0.15, -0.1) is 0 Å². The van der Waals surface area contributed by atoms with E-state index in [-0.39, 0.29) is 6.61 Å². The molecule has 0 fully saturated rings. The molecule has 0 saturated heterocycles. The zero-order valence-corrected chi connectivity index (χ0v) is 7.15. The molecule has 0 radical (unpaired) electrons. The van der Waals surface area contributed by atoms with Gasteiger partial charge >= 0.3 is 0 Å². The highest BCUT2D eigenvalue weighted by molar-refractivity contribution is 6.35. The van der Waals surface area contributed by atoms with Crippen molar-refractivity contribution in [2.45, 2.75) is 6.61 Å². The molecular weight excluding hydrogens is 185 g/mol. The van der Waals surface area contributed by atoms with E-state index in [1.54, 1.807) is 6.07 Å². The number of anilines is 1. The first-order valence-electron chi connectivity index (χ1n) is 2.99. The summed E-state index contributed by atoms with van der Waals surface area (Å²) in [6.07, 6.45) is 0. The van der Waals surface area contributed by atoms with Crippen molar-refractivity contribution in [3.63, 3.8) is 0 Å². The Morgan fingerprint density at radius 3 is 2.45 bits per heavy atom. The fourth-order valence-corrected chi connectivity index (χ4v) is 1.14. The molecule has 11 heavy (non-hydrogen) atoms. The lowest BCUT2D eigenvalue weighted by Gasteiger charge is -2.03. The molecule has 0 unspecified atom stereocenters. The summed E-state index contributed by atoms with van der Waals surface area (Å²) in [7, 11) is 0. The third kappa shape index (κ3) is 1.77. The molecule has 0 aliphatic carbocycles. The molecule has 0 atom stereocenters. The van der Waals surface area contributed by atoms with Crippen molar-refractivity contribution in [3.8, 4) is 0 Å². The zero-order valence-electron chi connectivity index (χ0n) is 5.64. The fraction of sp³-hybridized carbons (Fsp3) is 0.143. The molecule has 0 aliphatic rings. The van der Waals surface area contributed by atoms with Crippen LogP contribution in [0, 0.1) is 0 Å². The van der Waals surface area contributed by atoms with E-state index in [1.165, 1.54) is 6.07 Å². The molecule has 1 aromatic rings. The summed E-state index contributed by atoms with van der Waals surface area (Å²) in [6.45, 7) is -0.126. The largest absolute Gasteiger partial charge is 0.397 e. The molecule has 0 aliphatic heterocycles. The third-order valence-corrected chi connectivity index (χ3v) is 2.02. The quantitative estimate of drug-likeness (QED) is 0.669. The van der Waals surface area contributed by atoms with Gasteiger partial charge in [-0.25, -0.2) is 0 Å². The highest BCUT2D eigenvalue weighted by atomic mass is 35.5. The Balaban J connectivity index is 3.21. The van der Waals surface area contributed by atoms with Gasteiger partial charge in [0.25, 0.3) is 0 Å².